The molecule has 0 amide bonds. The molecule has 3 fully saturated rings. The van der Waals surface area contributed by atoms with Gasteiger partial charge in [-0.1, -0.05) is 6.92 Å². The van der Waals surface area contributed by atoms with Crippen molar-refractivity contribution in [3.05, 3.63) is 0 Å². The lowest BCUT2D eigenvalue weighted by Gasteiger charge is -2.45. The molecular formula is C14H24O15S2. The van der Waals surface area contributed by atoms with Crippen molar-refractivity contribution in [3.8, 4) is 0 Å². The fourth-order valence-electron chi connectivity index (χ4n) is 3.82. The van der Waals surface area contributed by atoms with Gasteiger partial charge in [-0.3, -0.25) is 9.11 Å². The third-order valence-corrected chi connectivity index (χ3v) is 6.16. The van der Waals surface area contributed by atoms with Crippen molar-refractivity contribution < 1.29 is 68.2 Å². The van der Waals surface area contributed by atoms with Gasteiger partial charge in [-0.25, -0.2) is 8.37 Å². The number of hydrogen-bond acceptors (Lipinski definition) is 13. The van der Waals surface area contributed by atoms with Gasteiger partial charge in [0.05, 0.1) is 13.2 Å². The first-order chi connectivity index (χ1) is 14.3. The quantitative estimate of drug-likeness (QED) is 0.250. The molecule has 0 spiro atoms. The van der Waals surface area contributed by atoms with Crippen LogP contribution in [0.2, 0.25) is 0 Å². The van der Waals surface area contributed by atoms with Gasteiger partial charge in [-0.2, -0.15) is 16.8 Å². The number of hydrogen-bond donors (Lipinski definition) is 4. The number of methoxy groups -OCH3 is 1. The number of ether oxygens (including phenoxy) is 5. The molecule has 0 aromatic carbocycles. The van der Waals surface area contributed by atoms with Crippen LogP contribution >= 0.6 is 0 Å². The zero-order valence-electron chi connectivity index (χ0n) is 16.3. The molecule has 0 aliphatic carbocycles. The zero-order valence-corrected chi connectivity index (χ0v) is 17.9. The molecule has 3 aliphatic rings. The number of fused-ring (bicyclic) bond motifs is 2. The summed E-state index contributed by atoms with van der Waals surface area (Å²) in [4.78, 5) is 0. The predicted octanol–water partition coefficient (Wildman–Crippen LogP) is -2.77. The van der Waals surface area contributed by atoms with Gasteiger partial charge in [-0.15, -0.1) is 0 Å². The van der Waals surface area contributed by atoms with Crippen LogP contribution in [0.4, 0.5) is 0 Å². The fourth-order valence-corrected chi connectivity index (χ4v) is 4.88. The van der Waals surface area contributed by atoms with E-state index in [4.69, 9.17) is 32.8 Å². The average Bonchev–Trinajstić information content (AvgIpc) is 2.95. The summed E-state index contributed by atoms with van der Waals surface area (Å²) in [5, 5.41) is 20.1. The third-order valence-electron chi connectivity index (χ3n) is 5.22. The van der Waals surface area contributed by atoms with Gasteiger partial charge >= 0.3 is 20.8 Å². The number of aliphatic hydroxyl groups excluding tert-OH is 2. The zero-order chi connectivity index (χ0) is 23.1. The minimum Gasteiger partial charge on any atom is -0.394 e. The molecule has 182 valence electrons. The maximum Gasteiger partial charge on any atom is 0.397 e. The lowest BCUT2D eigenvalue weighted by molar-refractivity contribution is -0.327. The Kier molecular flexibility index (Phi) is 7.58. The molecule has 4 unspecified atom stereocenters. The fraction of sp³-hybridized carbons (Fsp3) is 1.00. The Morgan fingerprint density at radius 1 is 0.968 bits per heavy atom. The van der Waals surface area contributed by atoms with Crippen LogP contribution in [0.25, 0.3) is 0 Å². The summed E-state index contributed by atoms with van der Waals surface area (Å²) >= 11 is 0. The molecule has 0 aromatic heterocycles. The van der Waals surface area contributed by atoms with E-state index in [9.17, 15) is 27.0 Å². The third kappa shape index (κ3) is 5.69. The molecule has 10 atom stereocenters. The highest BCUT2D eigenvalue weighted by molar-refractivity contribution is 7.81. The molecule has 4 N–H and O–H groups in total. The second kappa shape index (κ2) is 9.37. The normalized spacial score (nSPS) is 43.8. The molecule has 15 nitrogen and oxygen atoms in total. The van der Waals surface area contributed by atoms with E-state index < -0.39 is 88.6 Å². The standard InChI is InChI=1S/C14H24O15S2/c1-5-8(16)13(25-6(3-15)9(5)28-30(17,18)19)27-10-7-4-24-11(10)12(14(23-2)26-7)29-31(20,21)22/h5-16H,3-4H2,1-2H3,(H,17,18,19)(H,20,21,22)/t5?,6?,7?,8-,9+,10-,11+,12?,13-,14-/m0/s1. The molecular weight excluding hydrogens is 472 g/mol. The topological polar surface area (TPSA) is 214 Å². The second-order valence-corrected chi connectivity index (χ2v) is 9.33. The molecule has 0 radical (unpaired) electrons. The molecule has 3 rings (SSSR count). The Balaban J connectivity index is 1.77. The summed E-state index contributed by atoms with van der Waals surface area (Å²) in [6.45, 7) is 0.592. The first-order valence-corrected chi connectivity index (χ1v) is 11.8. The minimum absolute atomic E-state index is 0.0587. The number of rotatable bonds is 8. The Morgan fingerprint density at radius 3 is 2.13 bits per heavy atom. The monoisotopic (exact) mass is 496 g/mol. The van der Waals surface area contributed by atoms with Crippen molar-refractivity contribution in [1.29, 1.82) is 0 Å². The summed E-state index contributed by atoms with van der Waals surface area (Å²) in [7, 11) is -8.59. The molecule has 0 aromatic rings. The molecule has 3 aliphatic heterocycles. The van der Waals surface area contributed by atoms with Crippen LogP contribution in [0.3, 0.4) is 0 Å². The van der Waals surface area contributed by atoms with Gasteiger partial charge < -0.3 is 33.9 Å². The molecule has 0 saturated carbocycles. The van der Waals surface area contributed by atoms with E-state index in [0.717, 1.165) is 0 Å². The van der Waals surface area contributed by atoms with E-state index in [0.29, 0.717) is 0 Å². The Hall–Kier alpha value is -0.540. The van der Waals surface area contributed by atoms with Gasteiger partial charge in [0.1, 0.15) is 36.6 Å². The summed E-state index contributed by atoms with van der Waals surface area (Å²) in [5.41, 5.74) is 0. The van der Waals surface area contributed by atoms with Crippen LogP contribution in [0.5, 0.6) is 0 Å². The highest BCUT2D eigenvalue weighted by atomic mass is 32.3. The van der Waals surface area contributed by atoms with Crippen LogP contribution in [0.1, 0.15) is 6.92 Å². The predicted molar refractivity (Wildman–Crippen MR) is 94.0 cm³/mol. The van der Waals surface area contributed by atoms with Gasteiger partial charge in [0.25, 0.3) is 0 Å². The first kappa shape index (κ1) is 25.1. The van der Waals surface area contributed by atoms with Crippen molar-refractivity contribution in [2.45, 2.75) is 62.2 Å². The number of aliphatic hydroxyl groups is 2. The summed E-state index contributed by atoms with van der Waals surface area (Å²) in [5.74, 6) is -0.988. The van der Waals surface area contributed by atoms with Gasteiger partial charge in [0, 0.05) is 13.0 Å². The van der Waals surface area contributed by atoms with Crippen LogP contribution in [0.15, 0.2) is 0 Å². The second-order valence-electron chi connectivity index (χ2n) is 7.23. The molecule has 3 heterocycles. The van der Waals surface area contributed by atoms with Crippen molar-refractivity contribution >= 4 is 20.8 Å². The van der Waals surface area contributed by atoms with Crippen molar-refractivity contribution in [1.82, 2.24) is 0 Å². The van der Waals surface area contributed by atoms with Crippen molar-refractivity contribution in [2.75, 3.05) is 20.3 Å². The van der Waals surface area contributed by atoms with E-state index >= 15 is 0 Å². The van der Waals surface area contributed by atoms with Crippen LogP contribution in [-0.2, 0) is 52.8 Å². The van der Waals surface area contributed by atoms with Crippen LogP contribution < -0.4 is 0 Å². The van der Waals surface area contributed by atoms with Gasteiger partial charge in [0.2, 0.25) is 0 Å². The summed E-state index contributed by atoms with van der Waals surface area (Å²) in [6.07, 6.45) is -11.3. The average molecular weight is 496 g/mol. The molecule has 3 saturated heterocycles. The summed E-state index contributed by atoms with van der Waals surface area (Å²) < 4.78 is 98.9. The highest BCUT2D eigenvalue weighted by Gasteiger charge is 2.57. The lowest BCUT2D eigenvalue weighted by atomic mass is 9.90. The molecule has 17 heteroatoms. The first-order valence-electron chi connectivity index (χ1n) is 9.05. The SMILES string of the molecule is CO[C@H]1OC2CO[C@@H](C1OS(=O)(=O)O)[C@H]2O[C@@H]1OC(CO)[C@H](OS(=O)(=O)O)C(C)[C@@H]1O. The smallest absolute Gasteiger partial charge is 0.394 e. The maximum atomic E-state index is 11.2. The van der Waals surface area contributed by atoms with E-state index in [2.05, 4.69) is 8.37 Å². The molecule has 31 heavy (non-hydrogen) atoms. The van der Waals surface area contributed by atoms with Gasteiger partial charge in [-0.05, 0) is 0 Å². The Morgan fingerprint density at radius 2 is 1.58 bits per heavy atom. The molecule has 2 bridgehead atoms. The van der Waals surface area contributed by atoms with Gasteiger partial charge in [0.15, 0.2) is 18.7 Å². The van der Waals surface area contributed by atoms with Crippen molar-refractivity contribution in [2.24, 2.45) is 5.92 Å². The Bertz CT molecular complexity index is 829. The van der Waals surface area contributed by atoms with Crippen LogP contribution in [-0.4, -0.2) is 112 Å². The maximum absolute atomic E-state index is 11.2. The van der Waals surface area contributed by atoms with E-state index in [1.54, 1.807) is 0 Å². The van der Waals surface area contributed by atoms with Crippen LogP contribution in [0, 0.1) is 5.92 Å². The Labute approximate surface area is 178 Å². The summed E-state index contributed by atoms with van der Waals surface area (Å²) in [6, 6.07) is 0. The lowest BCUT2D eigenvalue weighted by Crippen LogP contribution is -2.61. The van der Waals surface area contributed by atoms with Crippen molar-refractivity contribution in [3.63, 3.8) is 0 Å². The minimum atomic E-state index is -4.91. The van der Waals surface area contributed by atoms with E-state index in [1.807, 2.05) is 0 Å². The highest BCUT2D eigenvalue weighted by Crippen LogP contribution is 2.37. The van der Waals surface area contributed by atoms with E-state index in [1.165, 1.54) is 14.0 Å². The van der Waals surface area contributed by atoms with E-state index in [-0.39, 0.29) is 6.61 Å². The largest absolute Gasteiger partial charge is 0.397 e.